The van der Waals surface area contributed by atoms with Crippen LogP contribution in [0.4, 0.5) is 15.9 Å². The number of hydrogen-bond donors (Lipinski definition) is 1. The quantitative estimate of drug-likeness (QED) is 0.845. The number of nitrogens with one attached hydrogen (secondary N) is 1. The lowest BCUT2D eigenvalue weighted by atomic mass is 10.1. The Bertz CT molecular complexity index is 963. The number of nitrogens with zero attached hydrogens (tertiary/aromatic N) is 3. The first-order valence-electron chi connectivity index (χ1n) is 9.25. The smallest absolute Gasteiger partial charge is 0.255 e. The Kier molecular flexibility index (Phi) is 4.16. The van der Waals surface area contributed by atoms with Gasteiger partial charge in [-0.05, 0) is 35.7 Å². The van der Waals surface area contributed by atoms with Crippen molar-refractivity contribution < 1.29 is 14.0 Å². The highest BCUT2D eigenvalue weighted by molar-refractivity contribution is 8.03. The molecule has 28 heavy (non-hydrogen) atoms. The molecule has 0 bridgehead atoms. The maximum atomic E-state index is 13.1. The molecule has 1 saturated heterocycles. The molecule has 2 unspecified atom stereocenters. The molecular formula is C20H19FN4O2S. The first-order valence-corrected chi connectivity index (χ1v) is 10.2. The second-order valence-electron chi connectivity index (χ2n) is 7.14. The molecule has 1 aromatic carbocycles. The Morgan fingerprint density at radius 2 is 1.89 bits per heavy atom. The predicted octanol–water partition coefficient (Wildman–Crippen LogP) is 2.71. The summed E-state index contributed by atoms with van der Waals surface area (Å²) in [6, 6.07) is 8.17. The summed E-state index contributed by atoms with van der Waals surface area (Å²) < 4.78 is 15.1. The van der Waals surface area contributed by atoms with Crippen molar-refractivity contribution in [3.8, 4) is 0 Å². The van der Waals surface area contributed by atoms with Crippen LogP contribution in [0.25, 0.3) is 0 Å². The Morgan fingerprint density at radius 3 is 2.64 bits per heavy atom. The number of piperazine rings is 1. The first-order chi connectivity index (χ1) is 13.6. The van der Waals surface area contributed by atoms with Crippen molar-refractivity contribution in [3.63, 3.8) is 0 Å². The normalized spacial score (nSPS) is 23.4. The molecule has 2 atom stereocenters. The number of halogens is 1. The van der Waals surface area contributed by atoms with Crippen LogP contribution < -0.4 is 10.2 Å². The van der Waals surface area contributed by atoms with Crippen LogP contribution in [0.2, 0.25) is 0 Å². The molecule has 0 spiro atoms. The third-order valence-corrected chi connectivity index (χ3v) is 6.60. The van der Waals surface area contributed by atoms with Gasteiger partial charge in [-0.15, -0.1) is 11.8 Å². The van der Waals surface area contributed by atoms with Crippen LogP contribution in [-0.2, 0) is 4.79 Å². The van der Waals surface area contributed by atoms with E-state index in [-0.39, 0.29) is 28.9 Å². The van der Waals surface area contributed by atoms with Crippen molar-refractivity contribution in [2.75, 3.05) is 36.4 Å². The maximum Gasteiger partial charge on any atom is 0.255 e. The van der Waals surface area contributed by atoms with Gasteiger partial charge in [-0.1, -0.05) is 6.08 Å². The zero-order valence-electron chi connectivity index (χ0n) is 15.0. The van der Waals surface area contributed by atoms with E-state index in [1.165, 1.54) is 23.9 Å². The van der Waals surface area contributed by atoms with E-state index < -0.39 is 0 Å². The molecular weight excluding hydrogens is 379 g/mol. The van der Waals surface area contributed by atoms with Crippen LogP contribution in [0.5, 0.6) is 0 Å². The molecule has 144 valence electrons. The van der Waals surface area contributed by atoms with Crippen LogP contribution in [0.3, 0.4) is 0 Å². The molecule has 3 aliphatic rings. The minimum Gasteiger partial charge on any atom is -0.368 e. The average Bonchev–Trinajstić information content (AvgIpc) is 3.35. The topological polar surface area (TPSA) is 57.6 Å². The number of benzene rings is 1. The molecule has 0 radical (unpaired) electrons. The molecule has 2 aromatic rings. The number of aromatic nitrogens is 1. The fourth-order valence-corrected chi connectivity index (χ4v) is 4.98. The lowest BCUT2D eigenvalue weighted by molar-refractivity contribution is -0.116. The minimum atomic E-state index is -0.250. The van der Waals surface area contributed by atoms with Gasteiger partial charge < -0.3 is 19.7 Å². The van der Waals surface area contributed by atoms with Crippen LogP contribution in [0.1, 0.15) is 16.4 Å². The van der Waals surface area contributed by atoms with Crippen LogP contribution >= 0.6 is 11.8 Å². The van der Waals surface area contributed by atoms with Crippen LogP contribution in [0, 0.1) is 5.82 Å². The van der Waals surface area contributed by atoms with E-state index in [9.17, 15) is 14.0 Å². The third-order valence-electron chi connectivity index (χ3n) is 5.50. The van der Waals surface area contributed by atoms with E-state index >= 15 is 0 Å². The minimum absolute atomic E-state index is 0.0162. The number of carbonyl (C=O) groups excluding carboxylic acids is 2. The lowest BCUT2D eigenvalue weighted by Crippen LogP contribution is -2.48. The molecule has 8 heteroatoms. The molecule has 0 aliphatic carbocycles. The molecule has 2 amide bonds. The van der Waals surface area contributed by atoms with Crippen molar-refractivity contribution in [3.05, 3.63) is 59.4 Å². The number of fused-ring (bicyclic) bond motifs is 3. The van der Waals surface area contributed by atoms with Gasteiger partial charge >= 0.3 is 0 Å². The Morgan fingerprint density at radius 1 is 1.14 bits per heavy atom. The van der Waals surface area contributed by atoms with Gasteiger partial charge in [0, 0.05) is 38.1 Å². The summed E-state index contributed by atoms with van der Waals surface area (Å²) in [5.41, 5.74) is 1.56. The Labute approximate surface area is 166 Å². The summed E-state index contributed by atoms with van der Waals surface area (Å²) in [4.78, 5) is 29.2. The summed E-state index contributed by atoms with van der Waals surface area (Å²) in [5, 5.41) is 4.68. The number of carbonyl (C=O) groups is 2. The van der Waals surface area contributed by atoms with Gasteiger partial charge in [0.25, 0.3) is 5.91 Å². The summed E-state index contributed by atoms with van der Waals surface area (Å²) >= 11 is 1.50. The zero-order valence-corrected chi connectivity index (χ0v) is 15.9. The predicted molar refractivity (Wildman–Crippen MR) is 107 cm³/mol. The molecule has 1 N–H and O–H groups in total. The molecule has 3 aliphatic heterocycles. The van der Waals surface area contributed by atoms with E-state index in [0.29, 0.717) is 37.6 Å². The highest BCUT2D eigenvalue weighted by Crippen LogP contribution is 2.40. The number of rotatable bonds is 2. The average molecular weight is 398 g/mol. The second kappa shape index (κ2) is 6.70. The largest absolute Gasteiger partial charge is 0.368 e. The van der Waals surface area contributed by atoms with Crippen molar-refractivity contribution in [1.29, 1.82) is 0 Å². The Hall–Kier alpha value is -2.74. The number of allylic oxidation sites excluding steroid dienone is 1. The highest BCUT2D eigenvalue weighted by Gasteiger charge is 2.38. The van der Waals surface area contributed by atoms with Gasteiger partial charge in [-0.2, -0.15) is 0 Å². The van der Waals surface area contributed by atoms with Gasteiger partial charge in [-0.3, -0.25) is 9.59 Å². The highest BCUT2D eigenvalue weighted by atomic mass is 32.2. The monoisotopic (exact) mass is 398 g/mol. The van der Waals surface area contributed by atoms with E-state index in [1.807, 2.05) is 27.1 Å². The van der Waals surface area contributed by atoms with Gasteiger partial charge in [0.05, 0.1) is 11.6 Å². The standard InChI is InChI=1S/C20H19FN4O2S/c21-14-1-3-15(4-2-14)23-6-8-24(9-7-23)20(27)13-11-17-22-19(26)18-16(5-10-28-18)25(17)12-13/h1-5,10-12,16,18H,6-9H2,(H,22,26). The summed E-state index contributed by atoms with van der Waals surface area (Å²) in [6.07, 6.45) is 3.85. The lowest BCUT2D eigenvalue weighted by Gasteiger charge is -2.36. The SMILES string of the molecule is O=C1Nc2cc(C(=O)N3CCN(c4ccc(F)cc4)CC3)cn2C2C=CSC12. The molecule has 5 rings (SSSR count). The number of amides is 2. The number of hydrogen-bond acceptors (Lipinski definition) is 4. The van der Waals surface area contributed by atoms with Crippen molar-refractivity contribution in [1.82, 2.24) is 9.47 Å². The van der Waals surface area contributed by atoms with Gasteiger partial charge in [0.2, 0.25) is 5.91 Å². The summed E-state index contributed by atoms with van der Waals surface area (Å²) in [6.45, 7) is 2.60. The fraction of sp³-hybridized carbons (Fsp3) is 0.300. The van der Waals surface area contributed by atoms with E-state index in [4.69, 9.17) is 0 Å². The zero-order chi connectivity index (χ0) is 19.3. The van der Waals surface area contributed by atoms with Gasteiger partial charge in [0.15, 0.2) is 0 Å². The second-order valence-corrected chi connectivity index (χ2v) is 8.19. The third kappa shape index (κ3) is 2.88. The van der Waals surface area contributed by atoms with Crippen molar-refractivity contribution in [2.45, 2.75) is 11.3 Å². The number of thioether (sulfide) groups is 1. The van der Waals surface area contributed by atoms with Gasteiger partial charge in [-0.25, -0.2) is 4.39 Å². The van der Waals surface area contributed by atoms with Crippen LogP contribution in [0.15, 0.2) is 48.0 Å². The van der Waals surface area contributed by atoms with E-state index in [2.05, 4.69) is 10.2 Å². The molecule has 4 heterocycles. The van der Waals surface area contributed by atoms with E-state index in [1.54, 1.807) is 18.2 Å². The molecule has 6 nitrogen and oxygen atoms in total. The summed E-state index contributed by atoms with van der Waals surface area (Å²) in [7, 11) is 0. The first kappa shape index (κ1) is 17.4. The summed E-state index contributed by atoms with van der Waals surface area (Å²) in [5.74, 6) is 0.380. The fourth-order valence-electron chi connectivity index (χ4n) is 3.99. The molecule has 1 aromatic heterocycles. The number of anilines is 2. The maximum absolute atomic E-state index is 13.1. The van der Waals surface area contributed by atoms with Crippen molar-refractivity contribution >= 4 is 35.1 Å². The molecule has 1 fully saturated rings. The molecule has 0 saturated carbocycles. The Balaban J connectivity index is 1.29. The van der Waals surface area contributed by atoms with Crippen molar-refractivity contribution in [2.24, 2.45) is 0 Å². The van der Waals surface area contributed by atoms with Gasteiger partial charge in [0.1, 0.15) is 16.9 Å². The van der Waals surface area contributed by atoms with E-state index in [0.717, 1.165) is 5.69 Å². The van der Waals surface area contributed by atoms with Crippen LogP contribution in [-0.4, -0.2) is 52.7 Å².